The standard InChI is InChI=1S/C17H21N3O2/c18-11-14-3-5-15(6-4-14)12-19-9-10-22-16(13-19)17(21)20-7-1-2-8-20/h3-6,16H,1-2,7-10,12-13H2. The Balaban J connectivity index is 1.57. The van der Waals surface area contributed by atoms with Crippen molar-refractivity contribution in [3.63, 3.8) is 0 Å². The molecule has 2 fully saturated rings. The first-order chi connectivity index (χ1) is 10.8. The van der Waals surface area contributed by atoms with Gasteiger partial charge in [-0.15, -0.1) is 0 Å². The zero-order chi connectivity index (χ0) is 15.4. The first-order valence-electron chi connectivity index (χ1n) is 7.88. The normalized spacial score (nSPS) is 22.5. The molecular weight excluding hydrogens is 278 g/mol. The van der Waals surface area contributed by atoms with Gasteiger partial charge in [0.25, 0.3) is 5.91 Å². The lowest BCUT2D eigenvalue weighted by molar-refractivity contribution is -0.148. The second-order valence-corrected chi connectivity index (χ2v) is 5.94. The van der Waals surface area contributed by atoms with Gasteiger partial charge in [0, 0.05) is 32.7 Å². The molecule has 3 rings (SSSR count). The zero-order valence-corrected chi connectivity index (χ0v) is 12.7. The van der Waals surface area contributed by atoms with Crippen LogP contribution in [0.2, 0.25) is 0 Å². The largest absolute Gasteiger partial charge is 0.366 e. The number of carbonyl (C=O) groups is 1. The predicted octanol–water partition coefficient (Wildman–Crippen LogP) is 1.38. The summed E-state index contributed by atoms with van der Waals surface area (Å²) < 4.78 is 5.68. The molecule has 5 heteroatoms. The zero-order valence-electron chi connectivity index (χ0n) is 12.7. The Morgan fingerprint density at radius 2 is 1.95 bits per heavy atom. The maximum atomic E-state index is 12.4. The van der Waals surface area contributed by atoms with Crippen molar-refractivity contribution in [3.8, 4) is 6.07 Å². The van der Waals surface area contributed by atoms with Crippen LogP contribution in [0.3, 0.4) is 0 Å². The quantitative estimate of drug-likeness (QED) is 0.846. The van der Waals surface area contributed by atoms with Crippen LogP contribution in [0.25, 0.3) is 0 Å². The third-order valence-electron chi connectivity index (χ3n) is 4.33. The Morgan fingerprint density at radius 1 is 1.23 bits per heavy atom. The fourth-order valence-corrected chi connectivity index (χ4v) is 3.08. The lowest BCUT2D eigenvalue weighted by atomic mass is 10.1. The highest BCUT2D eigenvalue weighted by molar-refractivity contribution is 5.81. The molecule has 1 atom stereocenters. The highest BCUT2D eigenvalue weighted by Gasteiger charge is 2.31. The van der Waals surface area contributed by atoms with Crippen molar-refractivity contribution >= 4 is 5.91 Å². The van der Waals surface area contributed by atoms with Crippen molar-refractivity contribution in [2.24, 2.45) is 0 Å². The van der Waals surface area contributed by atoms with E-state index in [4.69, 9.17) is 10.00 Å². The lowest BCUT2D eigenvalue weighted by Crippen LogP contribution is -2.50. The van der Waals surface area contributed by atoms with Gasteiger partial charge in [-0.2, -0.15) is 5.26 Å². The summed E-state index contributed by atoms with van der Waals surface area (Å²) >= 11 is 0. The molecule has 5 nitrogen and oxygen atoms in total. The van der Waals surface area contributed by atoms with E-state index in [1.165, 1.54) is 0 Å². The van der Waals surface area contributed by atoms with Crippen LogP contribution < -0.4 is 0 Å². The third-order valence-corrected chi connectivity index (χ3v) is 4.33. The van der Waals surface area contributed by atoms with E-state index < -0.39 is 0 Å². The number of hydrogen-bond acceptors (Lipinski definition) is 4. The van der Waals surface area contributed by atoms with Gasteiger partial charge < -0.3 is 9.64 Å². The summed E-state index contributed by atoms with van der Waals surface area (Å²) in [5.74, 6) is 0.141. The molecule has 22 heavy (non-hydrogen) atoms. The van der Waals surface area contributed by atoms with Gasteiger partial charge in [0.15, 0.2) is 0 Å². The van der Waals surface area contributed by atoms with E-state index >= 15 is 0 Å². The molecule has 2 heterocycles. The molecule has 0 saturated carbocycles. The van der Waals surface area contributed by atoms with Crippen molar-refractivity contribution in [1.29, 1.82) is 5.26 Å². The number of nitrogens with zero attached hydrogens (tertiary/aromatic N) is 3. The van der Waals surface area contributed by atoms with E-state index in [0.29, 0.717) is 18.7 Å². The van der Waals surface area contributed by atoms with Gasteiger partial charge in [-0.1, -0.05) is 12.1 Å². The van der Waals surface area contributed by atoms with Crippen LogP contribution in [0.5, 0.6) is 0 Å². The first-order valence-corrected chi connectivity index (χ1v) is 7.88. The van der Waals surface area contributed by atoms with Gasteiger partial charge in [-0.3, -0.25) is 9.69 Å². The number of likely N-dealkylation sites (tertiary alicyclic amines) is 1. The highest BCUT2D eigenvalue weighted by Crippen LogP contribution is 2.16. The fraction of sp³-hybridized carbons (Fsp3) is 0.529. The molecule has 1 amide bonds. The molecule has 0 aromatic heterocycles. The summed E-state index contributed by atoms with van der Waals surface area (Å²) in [6, 6.07) is 9.75. The Hall–Kier alpha value is -1.90. The number of nitriles is 1. The van der Waals surface area contributed by atoms with E-state index in [9.17, 15) is 4.79 Å². The van der Waals surface area contributed by atoms with Gasteiger partial charge in [-0.05, 0) is 30.5 Å². The maximum Gasteiger partial charge on any atom is 0.253 e. The molecular formula is C17H21N3O2. The van der Waals surface area contributed by atoms with Crippen LogP contribution in [0.15, 0.2) is 24.3 Å². The molecule has 1 unspecified atom stereocenters. The fourth-order valence-electron chi connectivity index (χ4n) is 3.08. The second-order valence-electron chi connectivity index (χ2n) is 5.94. The van der Waals surface area contributed by atoms with E-state index in [-0.39, 0.29) is 12.0 Å². The average Bonchev–Trinajstić information content (AvgIpc) is 3.09. The monoisotopic (exact) mass is 299 g/mol. The predicted molar refractivity (Wildman–Crippen MR) is 82.0 cm³/mol. The minimum Gasteiger partial charge on any atom is -0.366 e. The van der Waals surface area contributed by atoms with Gasteiger partial charge in [0.2, 0.25) is 0 Å². The SMILES string of the molecule is N#Cc1ccc(CN2CCOC(C(=O)N3CCCC3)C2)cc1. The summed E-state index contributed by atoms with van der Waals surface area (Å²) in [7, 11) is 0. The molecule has 0 bridgehead atoms. The van der Waals surface area contributed by atoms with Crippen LogP contribution >= 0.6 is 0 Å². The number of ether oxygens (including phenoxy) is 1. The summed E-state index contributed by atoms with van der Waals surface area (Å²) in [6.07, 6.45) is 1.88. The molecule has 116 valence electrons. The Bertz CT molecular complexity index is 558. The van der Waals surface area contributed by atoms with E-state index in [1.54, 1.807) is 0 Å². The van der Waals surface area contributed by atoms with Crippen LogP contribution in [0.4, 0.5) is 0 Å². The number of benzene rings is 1. The average molecular weight is 299 g/mol. The summed E-state index contributed by atoms with van der Waals surface area (Å²) in [5, 5.41) is 8.83. The Labute approximate surface area is 131 Å². The third kappa shape index (κ3) is 3.46. The number of rotatable bonds is 3. The molecule has 0 aliphatic carbocycles. The van der Waals surface area contributed by atoms with Crippen molar-refractivity contribution in [1.82, 2.24) is 9.80 Å². The van der Waals surface area contributed by atoms with Crippen molar-refractivity contribution in [2.75, 3.05) is 32.8 Å². The van der Waals surface area contributed by atoms with Gasteiger partial charge >= 0.3 is 0 Å². The lowest BCUT2D eigenvalue weighted by Gasteiger charge is -2.34. The number of morpholine rings is 1. The van der Waals surface area contributed by atoms with Crippen LogP contribution in [-0.4, -0.2) is 54.6 Å². The Kier molecular flexibility index (Phi) is 4.71. The van der Waals surface area contributed by atoms with Crippen molar-refractivity contribution in [2.45, 2.75) is 25.5 Å². The summed E-state index contributed by atoms with van der Waals surface area (Å²) in [4.78, 5) is 16.6. The number of hydrogen-bond donors (Lipinski definition) is 0. The maximum absolute atomic E-state index is 12.4. The molecule has 0 spiro atoms. The van der Waals surface area contributed by atoms with Gasteiger partial charge in [0.05, 0.1) is 18.2 Å². The second kappa shape index (κ2) is 6.91. The highest BCUT2D eigenvalue weighted by atomic mass is 16.5. The van der Waals surface area contributed by atoms with Crippen LogP contribution in [0, 0.1) is 11.3 Å². The van der Waals surface area contributed by atoms with Gasteiger partial charge in [0.1, 0.15) is 6.10 Å². The van der Waals surface area contributed by atoms with Crippen LogP contribution in [-0.2, 0) is 16.1 Å². The minimum atomic E-state index is -0.328. The van der Waals surface area contributed by atoms with E-state index in [1.807, 2.05) is 29.2 Å². The molecule has 2 aliphatic rings. The Morgan fingerprint density at radius 3 is 2.64 bits per heavy atom. The smallest absolute Gasteiger partial charge is 0.253 e. The number of amides is 1. The molecule has 1 aromatic rings. The summed E-state index contributed by atoms with van der Waals surface area (Å²) in [5.41, 5.74) is 1.83. The summed E-state index contributed by atoms with van der Waals surface area (Å²) in [6.45, 7) is 4.61. The van der Waals surface area contributed by atoms with Crippen LogP contribution in [0.1, 0.15) is 24.0 Å². The van der Waals surface area contributed by atoms with Crippen molar-refractivity contribution < 1.29 is 9.53 Å². The molecule has 0 N–H and O–H groups in total. The topological polar surface area (TPSA) is 56.6 Å². The first kappa shape index (κ1) is 15.0. The minimum absolute atomic E-state index is 0.141. The number of carbonyl (C=O) groups excluding carboxylic acids is 1. The molecule has 1 aromatic carbocycles. The van der Waals surface area contributed by atoms with E-state index in [2.05, 4.69) is 11.0 Å². The van der Waals surface area contributed by atoms with Gasteiger partial charge in [-0.25, -0.2) is 0 Å². The van der Waals surface area contributed by atoms with Crippen molar-refractivity contribution in [3.05, 3.63) is 35.4 Å². The van der Waals surface area contributed by atoms with E-state index in [0.717, 1.165) is 44.6 Å². The molecule has 0 radical (unpaired) electrons. The molecule has 2 saturated heterocycles. The molecule has 2 aliphatic heterocycles.